The molecule has 1 aromatic rings. The number of benzene rings is 1. The summed E-state index contributed by atoms with van der Waals surface area (Å²) in [7, 11) is 0. The third kappa shape index (κ3) is 2.82. The highest BCUT2D eigenvalue weighted by atomic mass is 15.2. The highest BCUT2D eigenvalue weighted by Crippen LogP contribution is 2.19. The van der Waals surface area contributed by atoms with Gasteiger partial charge in [0.2, 0.25) is 0 Å². The van der Waals surface area contributed by atoms with Gasteiger partial charge in [-0.1, -0.05) is 30.7 Å². The van der Waals surface area contributed by atoms with Gasteiger partial charge in [-0.2, -0.15) is 0 Å². The molecule has 1 aromatic carbocycles. The molecule has 0 amide bonds. The third-order valence-electron chi connectivity index (χ3n) is 3.35. The second-order valence-corrected chi connectivity index (χ2v) is 4.63. The van der Waals surface area contributed by atoms with E-state index in [0.29, 0.717) is 0 Å². The molecule has 1 atom stereocenters. The summed E-state index contributed by atoms with van der Waals surface area (Å²) in [6.07, 6.45) is 4.11. The highest BCUT2D eigenvalue weighted by Gasteiger charge is 2.17. The summed E-state index contributed by atoms with van der Waals surface area (Å²) in [6, 6.07) is 9.35. The van der Waals surface area contributed by atoms with E-state index in [9.17, 15) is 0 Å². The van der Waals surface area contributed by atoms with Crippen molar-refractivity contribution in [2.75, 3.05) is 6.54 Å². The molecule has 1 saturated heterocycles. The fraction of sp³-hybridized carbons (Fsp3) is 0.500. The zero-order valence-electron chi connectivity index (χ0n) is 9.58. The van der Waals surface area contributed by atoms with Gasteiger partial charge in [-0.3, -0.25) is 4.90 Å². The standard InChI is InChI=1S/C14H20N/c1-12-6-8-14(9-7-12)11-15-10-4-3-5-13(15)2/h6-9,13H,1,3-5,10-11H2,2H3. The van der Waals surface area contributed by atoms with Crippen molar-refractivity contribution < 1.29 is 0 Å². The molecule has 81 valence electrons. The van der Waals surface area contributed by atoms with Crippen molar-refractivity contribution in [1.29, 1.82) is 0 Å². The first kappa shape index (κ1) is 10.7. The molecule has 0 aromatic heterocycles. The summed E-state index contributed by atoms with van der Waals surface area (Å²) < 4.78 is 0. The zero-order chi connectivity index (χ0) is 10.7. The average molecular weight is 202 g/mol. The van der Waals surface area contributed by atoms with Crippen LogP contribution in [-0.2, 0) is 6.54 Å². The van der Waals surface area contributed by atoms with Gasteiger partial charge in [0.15, 0.2) is 0 Å². The summed E-state index contributed by atoms with van der Waals surface area (Å²) in [4.78, 5) is 2.58. The fourth-order valence-electron chi connectivity index (χ4n) is 2.27. The lowest BCUT2D eigenvalue weighted by Crippen LogP contribution is -2.36. The van der Waals surface area contributed by atoms with Crippen LogP contribution in [0.3, 0.4) is 0 Å². The molecule has 1 heteroatoms. The molecule has 0 spiro atoms. The van der Waals surface area contributed by atoms with E-state index in [2.05, 4.69) is 43.0 Å². The van der Waals surface area contributed by atoms with Gasteiger partial charge in [0.05, 0.1) is 0 Å². The van der Waals surface area contributed by atoms with Gasteiger partial charge < -0.3 is 0 Å². The van der Waals surface area contributed by atoms with Crippen molar-refractivity contribution in [2.24, 2.45) is 0 Å². The summed E-state index contributed by atoms with van der Waals surface area (Å²) >= 11 is 0. The maximum Gasteiger partial charge on any atom is 0.0236 e. The molecular weight excluding hydrogens is 182 g/mol. The third-order valence-corrected chi connectivity index (χ3v) is 3.35. The van der Waals surface area contributed by atoms with Gasteiger partial charge in [0, 0.05) is 12.6 Å². The lowest BCUT2D eigenvalue weighted by atomic mass is 10.0. The second kappa shape index (κ2) is 4.80. The molecule has 15 heavy (non-hydrogen) atoms. The minimum atomic E-state index is 0.748. The van der Waals surface area contributed by atoms with Crippen molar-refractivity contribution >= 4 is 0 Å². The van der Waals surface area contributed by atoms with E-state index >= 15 is 0 Å². The van der Waals surface area contributed by atoms with Crippen LogP contribution in [0, 0.1) is 6.92 Å². The fourth-order valence-corrected chi connectivity index (χ4v) is 2.27. The predicted octanol–water partition coefficient (Wildman–Crippen LogP) is 3.24. The molecule has 2 rings (SSSR count). The van der Waals surface area contributed by atoms with Gasteiger partial charge >= 0.3 is 0 Å². The quantitative estimate of drug-likeness (QED) is 0.711. The topological polar surface area (TPSA) is 3.24 Å². The monoisotopic (exact) mass is 202 g/mol. The van der Waals surface area contributed by atoms with Crippen LogP contribution in [0.1, 0.15) is 37.3 Å². The summed E-state index contributed by atoms with van der Waals surface area (Å²) in [5.74, 6) is 0. The smallest absolute Gasteiger partial charge is 0.0236 e. The van der Waals surface area contributed by atoms with Crippen molar-refractivity contribution in [3.8, 4) is 0 Å². The first-order chi connectivity index (χ1) is 7.25. The minimum Gasteiger partial charge on any atom is -0.296 e. The van der Waals surface area contributed by atoms with Crippen LogP contribution in [0.15, 0.2) is 24.3 Å². The molecule has 1 aliphatic rings. The van der Waals surface area contributed by atoms with E-state index < -0.39 is 0 Å². The molecule has 1 unspecified atom stereocenters. The van der Waals surface area contributed by atoms with Gasteiger partial charge in [0.25, 0.3) is 0 Å². The molecule has 1 nitrogen and oxygen atoms in total. The van der Waals surface area contributed by atoms with Crippen LogP contribution in [0.2, 0.25) is 0 Å². The Balaban J connectivity index is 1.98. The van der Waals surface area contributed by atoms with Crippen molar-refractivity contribution in [3.63, 3.8) is 0 Å². The number of likely N-dealkylation sites (tertiary alicyclic amines) is 1. The molecule has 0 saturated carbocycles. The van der Waals surface area contributed by atoms with Crippen molar-refractivity contribution in [3.05, 3.63) is 42.3 Å². The van der Waals surface area contributed by atoms with E-state index in [0.717, 1.165) is 18.2 Å². The largest absolute Gasteiger partial charge is 0.296 e. The van der Waals surface area contributed by atoms with Crippen LogP contribution in [0.25, 0.3) is 0 Å². The Morgan fingerprint density at radius 2 is 2.00 bits per heavy atom. The van der Waals surface area contributed by atoms with E-state index in [1.54, 1.807) is 0 Å². The zero-order valence-corrected chi connectivity index (χ0v) is 9.58. The van der Waals surface area contributed by atoms with Crippen LogP contribution < -0.4 is 0 Å². The van der Waals surface area contributed by atoms with Crippen molar-refractivity contribution in [1.82, 2.24) is 4.90 Å². The number of rotatable bonds is 2. The Morgan fingerprint density at radius 3 is 2.67 bits per heavy atom. The number of hydrogen-bond acceptors (Lipinski definition) is 1. The average Bonchev–Trinajstić information content (AvgIpc) is 2.25. The van der Waals surface area contributed by atoms with Gasteiger partial charge in [-0.15, -0.1) is 0 Å². The Morgan fingerprint density at radius 1 is 1.27 bits per heavy atom. The molecule has 0 bridgehead atoms. The Bertz CT molecular complexity index is 302. The van der Waals surface area contributed by atoms with E-state index in [1.807, 2.05) is 0 Å². The number of nitrogens with zero attached hydrogens (tertiary/aromatic N) is 1. The van der Waals surface area contributed by atoms with Crippen LogP contribution in [0.4, 0.5) is 0 Å². The molecular formula is C14H20N. The maximum absolute atomic E-state index is 3.91. The van der Waals surface area contributed by atoms with Gasteiger partial charge in [-0.25, -0.2) is 0 Å². The van der Waals surface area contributed by atoms with Crippen LogP contribution >= 0.6 is 0 Å². The van der Waals surface area contributed by atoms with Crippen LogP contribution in [0.5, 0.6) is 0 Å². The lowest BCUT2D eigenvalue weighted by Gasteiger charge is -2.33. The van der Waals surface area contributed by atoms with Crippen molar-refractivity contribution in [2.45, 2.75) is 38.8 Å². The Hall–Kier alpha value is -0.820. The Kier molecular flexibility index (Phi) is 3.42. The Labute approximate surface area is 93.1 Å². The summed E-state index contributed by atoms with van der Waals surface area (Å²) in [6.45, 7) is 8.61. The second-order valence-electron chi connectivity index (χ2n) is 4.63. The van der Waals surface area contributed by atoms with E-state index in [-0.39, 0.29) is 0 Å². The number of piperidine rings is 1. The summed E-state index contributed by atoms with van der Waals surface area (Å²) in [5.41, 5.74) is 2.52. The molecule has 0 N–H and O–H groups in total. The van der Waals surface area contributed by atoms with E-state index in [1.165, 1.54) is 31.4 Å². The minimum absolute atomic E-state index is 0.748. The van der Waals surface area contributed by atoms with Crippen LogP contribution in [-0.4, -0.2) is 17.5 Å². The SMILES string of the molecule is [CH2]c1ccc(CN2CCCCC2C)cc1. The first-order valence-corrected chi connectivity index (χ1v) is 5.90. The summed E-state index contributed by atoms with van der Waals surface area (Å²) in [5, 5.41) is 0. The molecule has 1 fully saturated rings. The first-order valence-electron chi connectivity index (χ1n) is 5.90. The maximum atomic E-state index is 3.91. The molecule has 0 aliphatic carbocycles. The lowest BCUT2D eigenvalue weighted by molar-refractivity contribution is 0.152. The normalized spacial score (nSPS) is 22.9. The van der Waals surface area contributed by atoms with Gasteiger partial charge in [-0.05, 0) is 44.4 Å². The predicted molar refractivity (Wildman–Crippen MR) is 64.6 cm³/mol. The highest BCUT2D eigenvalue weighted by molar-refractivity contribution is 5.24. The van der Waals surface area contributed by atoms with Gasteiger partial charge in [0.1, 0.15) is 0 Å². The molecule has 1 aliphatic heterocycles. The molecule has 1 radical (unpaired) electrons. The molecule has 1 heterocycles. The van der Waals surface area contributed by atoms with E-state index in [4.69, 9.17) is 0 Å². The number of hydrogen-bond donors (Lipinski definition) is 0.